The molecule has 15 nitrogen and oxygen atoms in total. The number of nitrogens with two attached hydrogens (primary N) is 1. The topological polar surface area (TPSA) is 229 Å². The Bertz CT molecular complexity index is 1100. The van der Waals surface area contributed by atoms with Crippen LogP contribution in [0.2, 0.25) is 0 Å². The summed E-state index contributed by atoms with van der Waals surface area (Å²) in [6.07, 6.45) is 9.17. The van der Waals surface area contributed by atoms with Crippen molar-refractivity contribution in [2.75, 3.05) is 30.0 Å². The standard InChI is InChI=1S/C34H61N5O10S/c1-3-5-7-9-11-13-15-17-28(41)47-21-24(48-29(42)18-16-14-12-10-8-6-4-2)22-50-23-25(35)33(46)36-27-19-39(38-37-27)34-32(45)31(44)30(43)26(20-40)49-34/h19,24-26,30-32,34,40,43-45H,3-18,20-23,35H2,1-2H3,(H,36,46)/t24-,25-,26?,30?,31?,32?,34?/m1/s1. The number of aliphatic hydroxyl groups excluding tert-OH is 4. The van der Waals surface area contributed by atoms with Crippen molar-refractivity contribution in [2.24, 2.45) is 5.73 Å². The summed E-state index contributed by atoms with van der Waals surface area (Å²) in [6, 6.07) is -0.985. The van der Waals surface area contributed by atoms with Gasteiger partial charge < -0.3 is 45.7 Å². The lowest BCUT2D eigenvalue weighted by molar-refractivity contribution is -0.254. The zero-order chi connectivity index (χ0) is 36.7. The van der Waals surface area contributed by atoms with E-state index < -0.39 is 55.3 Å². The first kappa shape index (κ1) is 43.8. The molecular formula is C34H61N5O10S. The minimum Gasteiger partial charge on any atom is -0.462 e. The molecule has 2 rings (SSSR count). The van der Waals surface area contributed by atoms with Crippen molar-refractivity contribution in [3.63, 3.8) is 0 Å². The van der Waals surface area contributed by atoms with Crippen molar-refractivity contribution >= 4 is 35.4 Å². The fraction of sp³-hybridized carbons (Fsp3) is 0.853. The molecule has 7 N–H and O–H groups in total. The number of ether oxygens (including phenoxy) is 3. The highest BCUT2D eigenvalue weighted by molar-refractivity contribution is 7.99. The van der Waals surface area contributed by atoms with Gasteiger partial charge in [-0.3, -0.25) is 14.4 Å². The van der Waals surface area contributed by atoms with Crippen molar-refractivity contribution in [1.29, 1.82) is 0 Å². The van der Waals surface area contributed by atoms with E-state index in [4.69, 9.17) is 19.9 Å². The minimum atomic E-state index is -1.60. The molecule has 1 aliphatic rings. The summed E-state index contributed by atoms with van der Waals surface area (Å²) in [6.45, 7) is 3.67. The largest absolute Gasteiger partial charge is 0.462 e. The Labute approximate surface area is 300 Å². The Morgan fingerprint density at radius 2 is 1.46 bits per heavy atom. The maximum absolute atomic E-state index is 12.8. The Morgan fingerprint density at radius 3 is 2.06 bits per heavy atom. The molecule has 1 fully saturated rings. The zero-order valence-corrected chi connectivity index (χ0v) is 30.6. The second-order valence-electron chi connectivity index (χ2n) is 13.0. The Morgan fingerprint density at radius 1 is 0.880 bits per heavy atom. The number of carbonyl (C=O) groups is 3. The van der Waals surface area contributed by atoms with Gasteiger partial charge in [-0.05, 0) is 12.8 Å². The maximum Gasteiger partial charge on any atom is 0.306 e. The molecule has 0 saturated carbocycles. The van der Waals surface area contributed by atoms with Crippen molar-refractivity contribution in [1.82, 2.24) is 15.0 Å². The molecule has 288 valence electrons. The molecule has 0 spiro atoms. The third-order valence-electron chi connectivity index (χ3n) is 8.52. The van der Waals surface area contributed by atoms with Gasteiger partial charge in [-0.1, -0.05) is 96.1 Å². The van der Waals surface area contributed by atoms with Crippen molar-refractivity contribution in [3.05, 3.63) is 6.20 Å². The molecule has 0 aliphatic carbocycles. The molecule has 1 aromatic heterocycles. The molecule has 0 radical (unpaired) electrons. The van der Waals surface area contributed by atoms with Crippen LogP contribution >= 0.6 is 11.8 Å². The second-order valence-corrected chi connectivity index (χ2v) is 14.0. The number of aromatic nitrogens is 3. The molecule has 1 saturated heterocycles. The number of amides is 1. The number of thioether (sulfide) groups is 1. The van der Waals surface area contributed by atoms with Crippen LogP contribution in [-0.2, 0) is 28.6 Å². The highest BCUT2D eigenvalue weighted by atomic mass is 32.2. The van der Waals surface area contributed by atoms with Crippen LogP contribution in [0.5, 0.6) is 0 Å². The third-order valence-corrected chi connectivity index (χ3v) is 9.73. The van der Waals surface area contributed by atoms with Crippen LogP contribution in [0.15, 0.2) is 6.20 Å². The average molecular weight is 732 g/mol. The Kier molecular flexibility index (Phi) is 22.4. The van der Waals surface area contributed by atoms with Crippen LogP contribution in [0, 0.1) is 0 Å². The molecule has 1 aromatic rings. The number of hydrogen-bond acceptors (Lipinski definition) is 14. The number of esters is 2. The van der Waals surface area contributed by atoms with E-state index in [2.05, 4.69) is 29.5 Å². The quantitative estimate of drug-likeness (QED) is 0.0565. The monoisotopic (exact) mass is 731 g/mol. The van der Waals surface area contributed by atoms with Gasteiger partial charge in [-0.15, -0.1) is 5.10 Å². The Hall–Kier alpha value is -2.34. The second kappa shape index (κ2) is 25.6. The van der Waals surface area contributed by atoms with Crippen LogP contribution in [0.1, 0.15) is 123 Å². The van der Waals surface area contributed by atoms with Gasteiger partial charge in [0.15, 0.2) is 12.0 Å². The molecule has 0 aromatic carbocycles. The lowest BCUT2D eigenvalue weighted by Gasteiger charge is -2.39. The van der Waals surface area contributed by atoms with Crippen LogP contribution in [0.25, 0.3) is 0 Å². The van der Waals surface area contributed by atoms with Crippen LogP contribution in [0.4, 0.5) is 5.82 Å². The highest BCUT2D eigenvalue weighted by Gasteiger charge is 2.44. The van der Waals surface area contributed by atoms with E-state index in [9.17, 15) is 34.8 Å². The molecule has 16 heteroatoms. The molecule has 50 heavy (non-hydrogen) atoms. The van der Waals surface area contributed by atoms with Gasteiger partial charge >= 0.3 is 11.9 Å². The molecule has 0 bridgehead atoms. The number of rotatable bonds is 27. The summed E-state index contributed by atoms with van der Waals surface area (Å²) in [5, 5.41) is 50.0. The number of unbranched alkanes of at least 4 members (excludes halogenated alkanes) is 12. The van der Waals surface area contributed by atoms with Gasteiger partial charge in [-0.2, -0.15) is 11.8 Å². The number of nitrogens with zero attached hydrogens (tertiary/aromatic N) is 3. The number of anilines is 1. The summed E-state index contributed by atoms with van der Waals surface area (Å²) in [5.41, 5.74) is 6.11. The molecule has 5 unspecified atom stereocenters. The van der Waals surface area contributed by atoms with E-state index in [1.165, 1.54) is 62.9 Å². The molecule has 7 atom stereocenters. The summed E-state index contributed by atoms with van der Waals surface area (Å²) < 4.78 is 17.7. The number of aliphatic hydroxyl groups is 4. The third kappa shape index (κ3) is 16.8. The first-order chi connectivity index (χ1) is 24.1. The normalized spacial score (nSPS) is 21.8. The predicted molar refractivity (Wildman–Crippen MR) is 189 cm³/mol. The number of carbonyl (C=O) groups excluding carboxylic acids is 3. The summed E-state index contributed by atoms with van der Waals surface area (Å²) in [7, 11) is 0. The van der Waals surface area contributed by atoms with E-state index in [0.717, 1.165) is 49.6 Å². The zero-order valence-electron chi connectivity index (χ0n) is 29.8. The summed E-state index contributed by atoms with van der Waals surface area (Å²) in [5.74, 6) is -0.836. The Balaban J connectivity index is 1.83. The average Bonchev–Trinajstić information content (AvgIpc) is 3.56. The van der Waals surface area contributed by atoms with Crippen molar-refractivity contribution < 1.29 is 49.0 Å². The van der Waals surface area contributed by atoms with Gasteiger partial charge in [0.25, 0.3) is 0 Å². The summed E-state index contributed by atoms with van der Waals surface area (Å²) >= 11 is 1.28. The molecule has 1 amide bonds. The predicted octanol–water partition coefficient (Wildman–Crippen LogP) is 2.99. The van der Waals surface area contributed by atoms with Gasteiger partial charge in [0, 0.05) is 24.3 Å². The van der Waals surface area contributed by atoms with Crippen molar-refractivity contribution in [3.8, 4) is 0 Å². The van der Waals surface area contributed by atoms with E-state index >= 15 is 0 Å². The first-order valence-electron chi connectivity index (χ1n) is 18.3. The fourth-order valence-electron chi connectivity index (χ4n) is 5.45. The van der Waals surface area contributed by atoms with E-state index in [1.54, 1.807) is 0 Å². The van der Waals surface area contributed by atoms with E-state index in [1.807, 2.05) is 0 Å². The van der Waals surface area contributed by atoms with Gasteiger partial charge in [-0.25, -0.2) is 4.68 Å². The smallest absolute Gasteiger partial charge is 0.306 e. The fourth-order valence-corrected chi connectivity index (χ4v) is 6.42. The lowest BCUT2D eigenvalue weighted by Crippen LogP contribution is -2.56. The SMILES string of the molecule is CCCCCCCCCC(=O)OC[C@H](CSC[C@@H](N)C(=O)Nc1cn(C2OC(CO)C(O)C(O)C2O)nn1)OC(=O)CCCCCCCCC. The lowest BCUT2D eigenvalue weighted by atomic mass is 9.98. The van der Waals surface area contributed by atoms with E-state index in [0.29, 0.717) is 6.42 Å². The van der Waals surface area contributed by atoms with Crippen LogP contribution in [0.3, 0.4) is 0 Å². The highest BCUT2D eigenvalue weighted by Crippen LogP contribution is 2.28. The van der Waals surface area contributed by atoms with Gasteiger partial charge in [0.05, 0.1) is 18.8 Å². The molecular weight excluding hydrogens is 670 g/mol. The van der Waals surface area contributed by atoms with Gasteiger partial charge in [0.2, 0.25) is 5.91 Å². The first-order valence-corrected chi connectivity index (χ1v) is 19.5. The molecule has 2 heterocycles. The van der Waals surface area contributed by atoms with Gasteiger partial charge in [0.1, 0.15) is 37.1 Å². The van der Waals surface area contributed by atoms with Crippen molar-refractivity contribution in [2.45, 2.75) is 159 Å². The number of nitrogens with one attached hydrogen (secondary N) is 1. The van der Waals surface area contributed by atoms with Crippen LogP contribution < -0.4 is 11.1 Å². The summed E-state index contributed by atoms with van der Waals surface area (Å²) in [4.78, 5) is 37.8. The van der Waals surface area contributed by atoms with E-state index in [-0.39, 0.29) is 42.3 Å². The van der Waals surface area contributed by atoms with Crippen LogP contribution in [-0.4, -0.2) is 115 Å². The maximum atomic E-state index is 12.8. The molecule has 1 aliphatic heterocycles. The minimum absolute atomic E-state index is 0.00236. The number of hydrogen-bond donors (Lipinski definition) is 6.